The first kappa shape index (κ1) is 15.2. The summed E-state index contributed by atoms with van der Waals surface area (Å²) in [6.45, 7) is 3.42. The highest BCUT2D eigenvalue weighted by atomic mass is 32.2. The second-order valence-corrected chi connectivity index (χ2v) is 7.30. The van der Waals surface area contributed by atoms with E-state index in [2.05, 4.69) is 23.1 Å². The van der Waals surface area contributed by atoms with Gasteiger partial charge in [-0.2, -0.15) is 4.31 Å². The zero-order valence-corrected chi connectivity index (χ0v) is 13.2. The Kier molecular flexibility index (Phi) is 4.57. The van der Waals surface area contributed by atoms with Crippen molar-refractivity contribution in [2.45, 2.75) is 11.4 Å². The predicted molar refractivity (Wildman–Crippen MR) is 85.8 cm³/mol. The summed E-state index contributed by atoms with van der Waals surface area (Å²) >= 11 is 0. The number of rotatable bonds is 4. The van der Waals surface area contributed by atoms with Crippen LogP contribution in [-0.2, 0) is 16.6 Å². The molecule has 0 unspecified atom stereocenters. The van der Waals surface area contributed by atoms with Crippen LogP contribution < -0.4 is 0 Å². The van der Waals surface area contributed by atoms with E-state index in [9.17, 15) is 8.42 Å². The minimum absolute atomic E-state index is 0.256. The standard InChI is InChI=1S/C17H19N2O2S/c20-22(21,17-9-5-2-6-10-17)19-13-11-18(12-14-19)15-16-7-3-1-4-8-16/h1-9H,11-15H2. The Morgan fingerprint density at radius 2 is 1.59 bits per heavy atom. The molecule has 0 saturated carbocycles. The van der Waals surface area contributed by atoms with E-state index in [1.165, 1.54) is 5.56 Å². The first-order valence-corrected chi connectivity index (χ1v) is 8.83. The molecule has 115 valence electrons. The molecule has 0 amide bonds. The Bertz CT molecular complexity index is 694. The van der Waals surface area contributed by atoms with Crippen LogP contribution in [0.4, 0.5) is 0 Å². The van der Waals surface area contributed by atoms with Crippen molar-refractivity contribution in [2.75, 3.05) is 26.2 Å². The van der Waals surface area contributed by atoms with E-state index in [1.807, 2.05) is 18.2 Å². The van der Waals surface area contributed by atoms with Gasteiger partial charge in [0.05, 0.1) is 4.90 Å². The molecule has 22 heavy (non-hydrogen) atoms. The molecule has 2 aromatic rings. The van der Waals surface area contributed by atoms with Gasteiger partial charge in [0.25, 0.3) is 0 Å². The summed E-state index contributed by atoms with van der Waals surface area (Å²) < 4.78 is 26.6. The van der Waals surface area contributed by atoms with Crippen molar-refractivity contribution in [3.8, 4) is 0 Å². The molecule has 2 aromatic carbocycles. The molecule has 0 N–H and O–H groups in total. The van der Waals surface area contributed by atoms with Gasteiger partial charge in [-0.3, -0.25) is 4.90 Å². The molecule has 0 atom stereocenters. The second-order valence-electron chi connectivity index (χ2n) is 5.39. The van der Waals surface area contributed by atoms with Crippen molar-refractivity contribution in [3.63, 3.8) is 0 Å². The molecule has 5 heteroatoms. The highest BCUT2D eigenvalue weighted by Gasteiger charge is 2.28. The van der Waals surface area contributed by atoms with Crippen molar-refractivity contribution in [1.82, 2.24) is 9.21 Å². The van der Waals surface area contributed by atoms with E-state index >= 15 is 0 Å². The van der Waals surface area contributed by atoms with E-state index < -0.39 is 10.0 Å². The molecule has 1 fully saturated rings. The quantitative estimate of drug-likeness (QED) is 0.866. The fourth-order valence-corrected chi connectivity index (χ4v) is 4.04. The summed E-state index contributed by atoms with van der Waals surface area (Å²) in [4.78, 5) is 2.54. The molecular formula is C17H19N2O2S. The van der Waals surface area contributed by atoms with Crippen LogP contribution in [0.1, 0.15) is 5.56 Å². The molecule has 0 bridgehead atoms. The molecule has 0 aromatic heterocycles. The molecule has 0 aliphatic carbocycles. The molecule has 1 radical (unpaired) electrons. The van der Waals surface area contributed by atoms with Gasteiger partial charge < -0.3 is 0 Å². The van der Waals surface area contributed by atoms with Gasteiger partial charge in [-0.05, 0) is 11.6 Å². The molecule has 1 aliphatic rings. The van der Waals surface area contributed by atoms with Crippen LogP contribution in [-0.4, -0.2) is 43.8 Å². The fraction of sp³-hybridized carbons (Fsp3) is 0.294. The van der Waals surface area contributed by atoms with Gasteiger partial charge in [0.1, 0.15) is 0 Å². The third-order valence-corrected chi connectivity index (χ3v) is 5.73. The van der Waals surface area contributed by atoms with Crippen LogP contribution in [0.5, 0.6) is 0 Å². The number of hydrogen-bond acceptors (Lipinski definition) is 3. The summed E-state index contributed by atoms with van der Waals surface area (Å²) in [5.41, 5.74) is 1.26. The monoisotopic (exact) mass is 315 g/mol. The van der Waals surface area contributed by atoms with Crippen LogP contribution in [0.2, 0.25) is 0 Å². The first-order valence-electron chi connectivity index (χ1n) is 7.39. The number of nitrogens with zero attached hydrogens (tertiary/aromatic N) is 2. The average Bonchev–Trinajstić information content (AvgIpc) is 2.57. The fourth-order valence-electron chi connectivity index (χ4n) is 2.65. The maximum Gasteiger partial charge on any atom is 0.243 e. The number of piperazine rings is 1. The Labute approximate surface area is 132 Å². The van der Waals surface area contributed by atoms with E-state index in [0.29, 0.717) is 13.1 Å². The molecule has 4 nitrogen and oxygen atoms in total. The smallest absolute Gasteiger partial charge is 0.243 e. The van der Waals surface area contributed by atoms with Gasteiger partial charge in [0, 0.05) is 38.8 Å². The minimum Gasteiger partial charge on any atom is -0.296 e. The highest BCUT2D eigenvalue weighted by molar-refractivity contribution is 7.89. The third-order valence-electron chi connectivity index (χ3n) is 3.88. The molecule has 3 rings (SSSR count). The van der Waals surface area contributed by atoms with Crippen molar-refractivity contribution in [2.24, 2.45) is 0 Å². The number of sulfonamides is 1. The van der Waals surface area contributed by atoms with Crippen LogP contribution in [0.3, 0.4) is 0 Å². The molecule has 0 spiro atoms. The normalized spacial score (nSPS) is 17.5. The van der Waals surface area contributed by atoms with Crippen LogP contribution in [0.15, 0.2) is 59.5 Å². The zero-order valence-electron chi connectivity index (χ0n) is 12.4. The highest BCUT2D eigenvalue weighted by Crippen LogP contribution is 2.17. The summed E-state index contributed by atoms with van der Waals surface area (Å²) in [5, 5.41) is 0. The third kappa shape index (κ3) is 3.38. The van der Waals surface area contributed by atoms with Gasteiger partial charge in [-0.1, -0.05) is 48.5 Å². The number of benzene rings is 2. The van der Waals surface area contributed by atoms with Gasteiger partial charge >= 0.3 is 0 Å². The average molecular weight is 315 g/mol. The van der Waals surface area contributed by atoms with Gasteiger partial charge in [0.15, 0.2) is 0 Å². The van der Waals surface area contributed by atoms with E-state index in [-0.39, 0.29) is 4.90 Å². The summed E-state index contributed by atoms with van der Waals surface area (Å²) in [5.74, 6) is 0. The molecule has 1 saturated heterocycles. The zero-order chi connectivity index (χ0) is 15.4. The molecule has 1 aliphatic heterocycles. The van der Waals surface area contributed by atoms with Crippen molar-refractivity contribution in [3.05, 3.63) is 66.2 Å². The van der Waals surface area contributed by atoms with Crippen LogP contribution >= 0.6 is 0 Å². The topological polar surface area (TPSA) is 40.6 Å². The number of hydrogen-bond donors (Lipinski definition) is 0. The van der Waals surface area contributed by atoms with E-state index in [4.69, 9.17) is 0 Å². The van der Waals surface area contributed by atoms with E-state index in [0.717, 1.165) is 19.6 Å². The lowest BCUT2D eigenvalue weighted by molar-refractivity contribution is 0.181. The van der Waals surface area contributed by atoms with Crippen LogP contribution in [0, 0.1) is 6.07 Å². The predicted octanol–water partition coefficient (Wildman–Crippen LogP) is 1.99. The summed E-state index contributed by atoms with van der Waals surface area (Å²) in [6.07, 6.45) is 0. The van der Waals surface area contributed by atoms with Gasteiger partial charge in [-0.15, -0.1) is 0 Å². The first-order chi connectivity index (χ1) is 10.7. The lowest BCUT2D eigenvalue weighted by Gasteiger charge is -2.33. The maximum absolute atomic E-state index is 12.5. The summed E-state index contributed by atoms with van der Waals surface area (Å²) in [6, 6.07) is 19.8. The van der Waals surface area contributed by atoms with Gasteiger partial charge in [0.2, 0.25) is 10.0 Å². The maximum atomic E-state index is 12.5. The molecular weight excluding hydrogens is 296 g/mol. The SMILES string of the molecule is O=S(=O)(c1[c]cccc1)N1CCN(Cc2ccccc2)CC1. The lowest BCUT2D eigenvalue weighted by Crippen LogP contribution is -2.48. The summed E-state index contributed by atoms with van der Waals surface area (Å²) in [7, 11) is -3.41. The largest absolute Gasteiger partial charge is 0.296 e. The van der Waals surface area contributed by atoms with Crippen molar-refractivity contribution < 1.29 is 8.42 Å². The minimum atomic E-state index is -3.41. The van der Waals surface area contributed by atoms with Crippen molar-refractivity contribution >= 4 is 10.0 Å². The molecule has 1 heterocycles. The van der Waals surface area contributed by atoms with E-state index in [1.54, 1.807) is 28.6 Å². The Morgan fingerprint density at radius 1 is 0.909 bits per heavy atom. The second kappa shape index (κ2) is 6.60. The van der Waals surface area contributed by atoms with Crippen LogP contribution in [0.25, 0.3) is 0 Å². The Hall–Kier alpha value is -1.69. The Balaban J connectivity index is 1.62. The van der Waals surface area contributed by atoms with Gasteiger partial charge in [-0.25, -0.2) is 8.42 Å². The van der Waals surface area contributed by atoms with Crippen molar-refractivity contribution in [1.29, 1.82) is 0 Å². The lowest BCUT2D eigenvalue weighted by atomic mass is 10.2. The Morgan fingerprint density at radius 3 is 2.23 bits per heavy atom.